The van der Waals surface area contributed by atoms with E-state index in [1.165, 1.54) is 6.07 Å². The van der Waals surface area contributed by atoms with Crippen LogP contribution in [0.5, 0.6) is 0 Å². The number of hydrogen-bond donors (Lipinski definition) is 1. The first kappa shape index (κ1) is 9.45. The largest absolute Gasteiger partial charge is 0.381 e. The summed E-state index contributed by atoms with van der Waals surface area (Å²) in [5.74, 6) is 0.385. The molecule has 15 heavy (non-hydrogen) atoms. The van der Waals surface area contributed by atoms with Gasteiger partial charge >= 0.3 is 0 Å². The Morgan fingerprint density at radius 1 is 1.33 bits per heavy atom. The standard InChI is InChI=1S/C9H11N5O/c10-8-7-14(12-11-8)6-5-13-4-2-1-3-9(13)15/h1-4,7H,5-6,10H2. The molecule has 2 aromatic rings. The normalized spacial score (nSPS) is 10.4. The summed E-state index contributed by atoms with van der Waals surface area (Å²) in [7, 11) is 0. The number of nitrogens with zero attached hydrogens (tertiary/aromatic N) is 4. The molecular formula is C9H11N5O. The van der Waals surface area contributed by atoms with Gasteiger partial charge in [-0.3, -0.25) is 4.79 Å². The number of pyridine rings is 1. The average molecular weight is 205 g/mol. The zero-order chi connectivity index (χ0) is 10.7. The van der Waals surface area contributed by atoms with Crippen LogP contribution >= 0.6 is 0 Å². The maximum absolute atomic E-state index is 11.3. The van der Waals surface area contributed by atoms with Crippen molar-refractivity contribution in [1.29, 1.82) is 0 Å². The Balaban J connectivity index is 2.05. The summed E-state index contributed by atoms with van der Waals surface area (Å²) in [5, 5.41) is 7.44. The Morgan fingerprint density at radius 3 is 2.87 bits per heavy atom. The number of hydrogen-bond acceptors (Lipinski definition) is 4. The number of rotatable bonds is 3. The van der Waals surface area contributed by atoms with Crippen LogP contribution in [0.15, 0.2) is 35.4 Å². The lowest BCUT2D eigenvalue weighted by Crippen LogP contribution is -2.20. The van der Waals surface area contributed by atoms with Crippen LogP contribution in [0.1, 0.15) is 0 Å². The highest BCUT2D eigenvalue weighted by Crippen LogP contribution is 1.93. The second kappa shape index (κ2) is 3.95. The van der Waals surface area contributed by atoms with Gasteiger partial charge in [-0.25, -0.2) is 4.68 Å². The van der Waals surface area contributed by atoms with E-state index in [0.717, 1.165) is 0 Å². The second-order valence-corrected chi connectivity index (χ2v) is 3.14. The van der Waals surface area contributed by atoms with Crippen LogP contribution < -0.4 is 11.3 Å². The number of nitrogens with two attached hydrogens (primary N) is 1. The van der Waals surface area contributed by atoms with Crippen molar-refractivity contribution in [3.05, 3.63) is 40.9 Å². The van der Waals surface area contributed by atoms with Gasteiger partial charge in [-0.15, -0.1) is 5.10 Å². The number of aromatic nitrogens is 4. The smallest absolute Gasteiger partial charge is 0.250 e. The van der Waals surface area contributed by atoms with Gasteiger partial charge in [0.15, 0.2) is 5.82 Å². The fourth-order valence-electron chi connectivity index (χ4n) is 1.28. The van der Waals surface area contributed by atoms with Gasteiger partial charge in [-0.05, 0) is 6.07 Å². The van der Waals surface area contributed by atoms with Crippen molar-refractivity contribution >= 4 is 5.82 Å². The average Bonchev–Trinajstić information content (AvgIpc) is 2.63. The summed E-state index contributed by atoms with van der Waals surface area (Å²) in [5.41, 5.74) is 5.39. The van der Waals surface area contributed by atoms with Gasteiger partial charge in [0, 0.05) is 18.8 Å². The summed E-state index contributed by atoms with van der Waals surface area (Å²) in [4.78, 5) is 11.3. The minimum Gasteiger partial charge on any atom is -0.381 e. The van der Waals surface area contributed by atoms with Crippen molar-refractivity contribution in [3.63, 3.8) is 0 Å². The molecule has 0 aliphatic heterocycles. The second-order valence-electron chi connectivity index (χ2n) is 3.14. The Labute approximate surface area is 85.9 Å². The number of nitrogen functional groups attached to an aromatic ring is 1. The van der Waals surface area contributed by atoms with Crippen LogP contribution in [0.25, 0.3) is 0 Å². The van der Waals surface area contributed by atoms with E-state index in [2.05, 4.69) is 10.3 Å². The zero-order valence-electron chi connectivity index (χ0n) is 8.08. The van der Waals surface area contributed by atoms with Crippen LogP contribution in [-0.2, 0) is 13.1 Å². The maximum atomic E-state index is 11.3. The van der Waals surface area contributed by atoms with E-state index < -0.39 is 0 Å². The van der Waals surface area contributed by atoms with Crippen molar-refractivity contribution in [2.24, 2.45) is 0 Å². The predicted molar refractivity (Wildman–Crippen MR) is 55.1 cm³/mol. The Hall–Kier alpha value is -2.11. The van der Waals surface area contributed by atoms with Crippen molar-refractivity contribution < 1.29 is 0 Å². The van der Waals surface area contributed by atoms with E-state index >= 15 is 0 Å². The first-order chi connectivity index (χ1) is 7.25. The fraction of sp³-hybridized carbons (Fsp3) is 0.222. The molecular weight excluding hydrogens is 194 g/mol. The molecule has 0 fully saturated rings. The molecule has 2 aromatic heterocycles. The lowest BCUT2D eigenvalue weighted by Gasteiger charge is -2.03. The van der Waals surface area contributed by atoms with E-state index in [0.29, 0.717) is 18.9 Å². The van der Waals surface area contributed by atoms with E-state index in [1.54, 1.807) is 27.7 Å². The molecule has 0 aliphatic carbocycles. The molecule has 2 heterocycles. The summed E-state index contributed by atoms with van der Waals surface area (Å²) in [6.07, 6.45) is 3.37. The van der Waals surface area contributed by atoms with Crippen molar-refractivity contribution in [1.82, 2.24) is 19.6 Å². The first-order valence-electron chi connectivity index (χ1n) is 4.57. The van der Waals surface area contributed by atoms with Crippen LogP contribution in [0.4, 0.5) is 5.82 Å². The molecule has 0 aliphatic rings. The molecule has 0 bridgehead atoms. The highest BCUT2D eigenvalue weighted by molar-refractivity contribution is 5.19. The summed E-state index contributed by atoms with van der Waals surface area (Å²) >= 11 is 0. The quantitative estimate of drug-likeness (QED) is 0.747. The third kappa shape index (κ3) is 2.22. The van der Waals surface area contributed by atoms with Gasteiger partial charge in [0.2, 0.25) is 0 Å². The minimum atomic E-state index is -0.0226. The van der Waals surface area contributed by atoms with Crippen molar-refractivity contribution in [3.8, 4) is 0 Å². The molecule has 0 unspecified atom stereocenters. The van der Waals surface area contributed by atoms with Crippen molar-refractivity contribution in [2.45, 2.75) is 13.1 Å². The Kier molecular flexibility index (Phi) is 2.49. The monoisotopic (exact) mass is 205 g/mol. The molecule has 0 atom stereocenters. The summed E-state index contributed by atoms with van der Waals surface area (Å²) in [6, 6.07) is 5.05. The van der Waals surface area contributed by atoms with Gasteiger partial charge in [0.1, 0.15) is 0 Å². The van der Waals surface area contributed by atoms with Gasteiger partial charge < -0.3 is 10.3 Å². The van der Waals surface area contributed by atoms with Crippen LogP contribution in [0.2, 0.25) is 0 Å². The summed E-state index contributed by atoms with van der Waals surface area (Å²) in [6.45, 7) is 1.14. The topological polar surface area (TPSA) is 78.7 Å². The van der Waals surface area contributed by atoms with E-state index in [9.17, 15) is 4.79 Å². The van der Waals surface area contributed by atoms with Crippen LogP contribution in [-0.4, -0.2) is 19.6 Å². The van der Waals surface area contributed by atoms with Crippen LogP contribution in [0, 0.1) is 0 Å². The molecule has 2 N–H and O–H groups in total. The fourth-order valence-corrected chi connectivity index (χ4v) is 1.28. The molecule has 6 nitrogen and oxygen atoms in total. The lowest BCUT2D eigenvalue weighted by molar-refractivity contribution is 0.511. The zero-order valence-corrected chi connectivity index (χ0v) is 8.08. The third-order valence-corrected chi connectivity index (χ3v) is 2.03. The third-order valence-electron chi connectivity index (χ3n) is 2.03. The summed E-state index contributed by atoms with van der Waals surface area (Å²) < 4.78 is 3.21. The molecule has 6 heteroatoms. The molecule has 0 aromatic carbocycles. The molecule has 2 rings (SSSR count). The Morgan fingerprint density at radius 2 is 2.20 bits per heavy atom. The van der Waals surface area contributed by atoms with Crippen LogP contribution in [0.3, 0.4) is 0 Å². The minimum absolute atomic E-state index is 0.0226. The molecule has 0 saturated carbocycles. The Bertz CT molecular complexity index is 501. The highest BCUT2D eigenvalue weighted by Gasteiger charge is 1.97. The number of aryl methyl sites for hydroxylation is 2. The van der Waals surface area contributed by atoms with E-state index in [4.69, 9.17) is 5.73 Å². The van der Waals surface area contributed by atoms with E-state index in [-0.39, 0.29) is 5.56 Å². The molecule has 0 saturated heterocycles. The predicted octanol–water partition coefficient (Wildman–Crippen LogP) is -0.278. The lowest BCUT2D eigenvalue weighted by atomic mass is 10.4. The highest BCUT2D eigenvalue weighted by atomic mass is 16.1. The van der Waals surface area contributed by atoms with E-state index in [1.807, 2.05) is 6.07 Å². The molecule has 78 valence electrons. The van der Waals surface area contributed by atoms with Gasteiger partial charge in [-0.1, -0.05) is 11.3 Å². The van der Waals surface area contributed by atoms with Gasteiger partial charge in [0.05, 0.1) is 12.7 Å². The first-order valence-corrected chi connectivity index (χ1v) is 4.57. The van der Waals surface area contributed by atoms with Gasteiger partial charge in [0.25, 0.3) is 5.56 Å². The number of anilines is 1. The van der Waals surface area contributed by atoms with Gasteiger partial charge in [-0.2, -0.15) is 0 Å². The maximum Gasteiger partial charge on any atom is 0.250 e. The SMILES string of the molecule is Nc1cn(CCn2ccccc2=O)nn1. The molecule has 0 spiro atoms. The molecule has 0 radical (unpaired) electrons. The molecule has 0 amide bonds. The van der Waals surface area contributed by atoms with Crippen molar-refractivity contribution in [2.75, 3.05) is 5.73 Å².